The summed E-state index contributed by atoms with van der Waals surface area (Å²) in [7, 11) is -4.04. The van der Waals surface area contributed by atoms with Gasteiger partial charge in [0.25, 0.3) is 10.0 Å². The molecule has 10 heteroatoms. The number of rotatable bonds is 6. The van der Waals surface area contributed by atoms with Crippen molar-refractivity contribution in [2.24, 2.45) is 5.92 Å². The Balaban J connectivity index is 1.28. The van der Waals surface area contributed by atoms with E-state index >= 15 is 0 Å². The first-order valence-electron chi connectivity index (χ1n) is 11.4. The Hall–Kier alpha value is -3.66. The van der Waals surface area contributed by atoms with Gasteiger partial charge < -0.3 is 5.32 Å². The summed E-state index contributed by atoms with van der Waals surface area (Å²) in [5, 5.41) is 11.2. The number of hydrogen-bond donors (Lipinski definition) is 2. The second-order valence-electron chi connectivity index (χ2n) is 9.00. The molecule has 2 aliphatic carbocycles. The van der Waals surface area contributed by atoms with Crippen LogP contribution in [0.15, 0.2) is 60.0 Å². The third-order valence-corrected chi connectivity index (χ3v) is 7.81. The molecule has 4 aromatic rings. The zero-order chi connectivity index (χ0) is 23.3. The molecule has 0 aliphatic heterocycles. The monoisotopic (exact) mass is 476 g/mol. The number of nitrogens with zero attached hydrogens (tertiary/aromatic N) is 4. The highest BCUT2D eigenvalue weighted by Gasteiger charge is 2.26. The predicted octanol–water partition coefficient (Wildman–Crippen LogP) is 3.61. The first-order valence-corrected chi connectivity index (χ1v) is 12.9. The van der Waals surface area contributed by atoms with Gasteiger partial charge in [0, 0.05) is 30.7 Å². The van der Waals surface area contributed by atoms with E-state index in [9.17, 15) is 13.2 Å². The number of anilines is 1. The molecule has 3 heterocycles. The zero-order valence-corrected chi connectivity index (χ0v) is 19.3. The van der Waals surface area contributed by atoms with Gasteiger partial charge in [-0.15, -0.1) is 0 Å². The van der Waals surface area contributed by atoms with Crippen molar-refractivity contribution in [3.05, 3.63) is 66.2 Å². The van der Waals surface area contributed by atoms with Crippen LogP contribution in [0.3, 0.4) is 0 Å². The van der Waals surface area contributed by atoms with E-state index < -0.39 is 16.1 Å². The number of nitrogens with one attached hydrogen (secondary N) is 2. The Morgan fingerprint density at radius 1 is 1.12 bits per heavy atom. The van der Waals surface area contributed by atoms with Gasteiger partial charge in [0.15, 0.2) is 0 Å². The second-order valence-corrected chi connectivity index (χ2v) is 10.7. The minimum Gasteiger partial charge on any atom is -0.306 e. The van der Waals surface area contributed by atoms with Crippen LogP contribution < -0.4 is 10.0 Å². The molecule has 1 saturated carbocycles. The first-order chi connectivity index (χ1) is 16.5. The van der Waals surface area contributed by atoms with Gasteiger partial charge in [-0.2, -0.15) is 10.2 Å². The lowest BCUT2D eigenvalue weighted by molar-refractivity contribution is 0.256. The minimum atomic E-state index is -4.04. The van der Waals surface area contributed by atoms with Crippen LogP contribution >= 0.6 is 0 Å². The maximum atomic E-state index is 12.9. The third-order valence-electron chi connectivity index (χ3n) is 6.52. The van der Waals surface area contributed by atoms with E-state index in [1.54, 1.807) is 15.4 Å². The standard InChI is InChI=1S/C24H24N6O3S/c31-24(28-34(32,33)20-13-26-29(15-20)14-16-4-5-16)27-23-21-3-1-2-17(21)6-7-22(23)18-9-11-30-19(12-18)8-10-25-30/h6-13,15-16H,1-5,14H2,(H2,27,28,31). The lowest BCUT2D eigenvalue weighted by Gasteiger charge is -2.17. The Morgan fingerprint density at radius 2 is 2.00 bits per heavy atom. The van der Waals surface area contributed by atoms with E-state index in [1.165, 1.54) is 18.0 Å². The number of aromatic nitrogens is 4. The van der Waals surface area contributed by atoms with Crippen LogP contribution in [0.25, 0.3) is 16.6 Å². The van der Waals surface area contributed by atoms with Crippen LogP contribution in [0.1, 0.15) is 30.4 Å². The summed E-state index contributed by atoms with van der Waals surface area (Å²) in [5.41, 5.74) is 5.57. The number of sulfonamides is 1. The lowest BCUT2D eigenvalue weighted by Crippen LogP contribution is -2.34. The normalized spacial score (nSPS) is 15.4. The van der Waals surface area contributed by atoms with Gasteiger partial charge in [-0.25, -0.2) is 22.4 Å². The molecule has 0 bridgehead atoms. The number of hydrogen-bond acceptors (Lipinski definition) is 5. The van der Waals surface area contributed by atoms with Gasteiger partial charge in [0.2, 0.25) is 0 Å². The molecule has 6 rings (SSSR count). The SMILES string of the molecule is O=C(Nc1c(-c2ccn3nccc3c2)ccc2c1CCC2)NS(=O)(=O)c1cnn(CC2CC2)c1. The van der Waals surface area contributed by atoms with E-state index in [0.29, 0.717) is 18.2 Å². The van der Waals surface area contributed by atoms with E-state index in [0.717, 1.165) is 54.3 Å². The molecular weight excluding hydrogens is 452 g/mol. The number of urea groups is 1. The molecule has 0 spiro atoms. The van der Waals surface area contributed by atoms with Crippen molar-refractivity contribution in [1.29, 1.82) is 0 Å². The predicted molar refractivity (Wildman–Crippen MR) is 127 cm³/mol. The highest BCUT2D eigenvalue weighted by Crippen LogP contribution is 2.38. The van der Waals surface area contributed by atoms with Gasteiger partial charge in [-0.3, -0.25) is 4.68 Å². The number of fused-ring (bicyclic) bond motifs is 2. The first kappa shape index (κ1) is 20.9. The minimum absolute atomic E-state index is 0.0204. The second kappa shape index (κ2) is 7.98. The summed E-state index contributed by atoms with van der Waals surface area (Å²) in [5.74, 6) is 0.562. The third kappa shape index (κ3) is 3.94. The molecule has 34 heavy (non-hydrogen) atoms. The van der Waals surface area contributed by atoms with Gasteiger partial charge in [-0.1, -0.05) is 12.1 Å². The number of pyridine rings is 1. The van der Waals surface area contributed by atoms with Crippen molar-refractivity contribution >= 4 is 27.3 Å². The van der Waals surface area contributed by atoms with Gasteiger partial charge >= 0.3 is 6.03 Å². The Morgan fingerprint density at radius 3 is 2.85 bits per heavy atom. The van der Waals surface area contributed by atoms with E-state index in [2.05, 4.69) is 26.3 Å². The van der Waals surface area contributed by atoms with Gasteiger partial charge in [0.1, 0.15) is 4.90 Å². The molecule has 2 amide bonds. The molecule has 0 radical (unpaired) electrons. The topological polar surface area (TPSA) is 110 Å². The van der Waals surface area contributed by atoms with Crippen molar-refractivity contribution in [3.8, 4) is 11.1 Å². The van der Waals surface area contributed by atoms with E-state index in [4.69, 9.17) is 0 Å². The smallest absolute Gasteiger partial charge is 0.306 e. The number of carbonyl (C=O) groups excluding carboxylic acids is 1. The van der Waals surface area contributed by atoms with Crippen LogP contribution in [0.2, 0.25) is 0 Å². The van der Waals surface area contributed by atoms with Crippen molar-refractivity contribution in [2.45, 2.75) is 43.5 Å². The highest BCUT2D eigenvalue weighted by atomic mass is 32.2. The van der Waals surface area contributed by atoms with Gasteiger partial charge in [0.05, 0.1) is 17.4 Å². The Bertz CT molecular complexity index is 1520. The lowest BCUT2D eigenvalue weighted by atomic mass is 9.97. The Kier molecular flexibility index (Phi) is 4.91. The molecule has 1 aromatic carbocycles. The highest BCUT2D eigenvalue weighted by molar-refractivity contribution is 7.90. The van der Waals surface area contributed by atoms with Crippen molar-refractivity contribution in [1.82, 2.24) is 24.1 Å². The number of carbonyl (C=O) groups is 1. The quantitative estimate of drug-likeness (QED) is 0.442. The summed E-state index contributed by atoms with van der Waals surface area (Å²) < 4.78 is 31.2. The largest absolute Gasteiger partial charge is 0.333 e. The number of benzene rings is 1. The molecular formula is C24H24N6O3S. The van der Waals surface area contributed by atoms with Gasteiger partial charge in [-0.05, 0) is 72.9 Å². The van der Waals surface area contributed by atoms with E-state index in [1.807, 2.05) is 30.5 Å². The fourth-order valence-corrected chi connectivity index (χ4v) is 5.47. The fraction of sp³-hybridized carbons (Fsp3) is 0.292. The van der Waals surface area contributed by atoms with Crippen LogP contribution in [-0.4, -0.2) is 33.8 Å². The molecule has 1 fully saturated rings. The molecule has 2 N–H and O–H groups in total. The molecule has 3 aromatic heterocycles. The number of aryl methyl sites for hydroxylation is 1. The van der Waals surface area contributed by atoms with E-state index in [-0.39, 0.29) is 4.90 Å². The van der Waals surface area contributed by atoms with Crippen molar-refractivity contribution in [2.75, 3.05) is 5.32 Å². The van der Waals surface area contributed by atoms with Crippen LogP contribution in [0.4, 0.5) is 10.5 Å². The molecule has 0 atom stereocenters. The van der Waals surface area contributed by atoms with Crippen molar-refractivity contribution < 1.29 is 13.2 Å². The average Bonchev–Trinajstić information content (AvgIpc) is 3.22. The summed E-state index contributed by atoms with van der Waals surface area (Å²) in [6.45, 7) is 0.697. The maximum Gasteiger partial charge on any atom is 0.333 e. The fourth-order valence-electron chi connectivity index (χ4n) is 4.61. The van der Waals surface area contributed by atoms with Crippen molar-refractivity contribution in [3.63, 3.8) is 0 Å². The maximum absolute atomic E-state index is 12.9. The summed E-state index contributed by atoms with van der Waals surface area (Å²) in [6, 6.07) is 9.13. The van der Waals surface area contributed by atoms with Crippen LogP contribution in [-0.2, 0) is 29.4 Å². The van der Waals surface area contributed by atoms with Crippen LogP contribution in [0, 0.1) is 5.92 Å². The molecule has 0 saturated heterocycles. The Labute approximate surface area is 196 Å². The zero-order valence-electron chi connectivity index (χ0n) is 18.4. The molecule has 0 unspecified atom stereocenters. The van der Waals surface area contributed by atoms with Crippen LogP contribution in [0.5, 0.6) is 0 Å². The molecule has 174 valence electrons. The molecule has 9 nitrogen and oxygen atoms in total. The summed E-state index contributed by atoms with van der Waals surface area (Å²) >= 11 is 0. The number of amides is 2. The summed E-state index contributed by atoms with van der Waals surface area (Å²) in [6.07, 6.45) is 11.4. The average molecular weight is 477 g/mol. The summed E-state index contributed by atoms with van der Waals surface area (Å²) in [4.78, 5) is 12.9. The molecule has 2 aliphatic rings.